The Balaban J connectivity index is 2.23. The van der Waals surface area contributed by atoms with Gasteiger partial charge in [0.1, 0.15) is 5.60 Å². The third kappa shape index (κ3) is 5.18. The molecule has 0 radical (unpaired) electrons. The molecule has 1 N–H and O–H groups in total. The van der Waals surface area contributed by atoms with Gasteiger partial charge in [0, 0.05) is 25.2 Å². The summed E-state index contributed by atoms with van der Waals surface area (Å²) in [5.41, 5.74) is -0.0452. The SMILES string of the molecule is CC(C)(C)OC(=O)C(Cc1cccc([N+](=O)[O-])c1)[C@H]1CCN(C(=O)O)C1. The fraction of sp³-hybridized carbons (Fsp3) is 0.556. The molecule has 1 heterocycles. The number of amides is 1. The monoisotopic (exact) mass is 364 g/mol. The Labute approximate surface area is 151 Å². The molecule has 26 heavy (non-hydrogen) atoms. The second-order valence-electron chi connectivity index (χ2n) is 7.55. The summed E-state index contributed by atoms with van der Waals surface area (Å²) in [6.45, 7) is 5.94. The van der Waals surface area contributed by atoms with Crippen LogP contribution < -0.4 is 0 Å². The van der Waals surface area contributed by atoms with Crippen LogP contribution in [-0.2, 0) is 16.0 Å². The molecule has 1 aromatic carbocycles. The highest BCUT2D eigenvalue weighted by molar-refractivity contribution is 5.74. The van der Waals surface area contributed by atoms with Gasteiger partial charge in [-0.25, -0.2) is 4.79 Å². The van der Waals surface area contributed by atoms with Gasteiger partial charge in [0.05, 0.1) is 10.8 Å². The van der Waals surface area contributed by atoms with Crippen LogP contribution in [0.4, 0.5) is 10.5 Å². The van der Waals surface area contributed by atoms with E-state index in [1.807, 2.05) is 0 Å². The van der Waals surface area contributed by atoms with Gasteiger partial charge in [0.25, 0.3) is 5.69 Å². The van der Waals surface area contributed by atoms with E-state index in [2.05, 4.69) is 0 Å². The third-order valence-electron chi connectivity index (χ3n) is 4.35. The summed E-state index contributed by atoms with van der Waals surface area (Å²) in [6, 6.07) is 6.15. The Hall–Kier alpha value is -2.64. The number of hydrogen-bond acceptors (Lipinski definition) is 5. The maximum Gasteiger partial charge on any atom is 0.407 e. The molecule has 1 saturated heterocycles. The van der Waals surface area contributed by atoms with E-state index in [0.717, 1.165) is 0 Å². The minimum Gasteiger partial charge on any atom is -0.465 e. The van der Waals surface area contributed by atoms with Crippen molar-refractivity contribution < 1.29 is 24.4 Å². The molecule has 0 aromatic heterocycles. The summed E-state index contributed by atoms with van der Waals surface area (Å²) < 4.78 is 5.52. The quantitative estimate of drug-likeness (QED) is 0.488. The Bertz CT molecular complexity index is 697. The second-order valence-corrected chi connectivity index (χ2v) is 7.55. The number of nitro benzene ring substituents is 1. The van der Waals surface area contributed by atoms with Gasteiger partial charge in [-0.3, -0.25) is 14.9 Å². The van der Waals surface area contributed by atoms with Gasteiger partial charge in [-0.15, -0.1) is 0 Å². The number of benzene rings is 1. The van der Waals surface area contributed by atoms with Gasteiger partial charge >= 0.3 is 12.1 Å². The fourth-order valence-corrected chi connectivity index (χ4v) is 3.16. The van der Waals surface area contributed by atoms with E-state index in [9.17, 15) is 19.7 Å². The zero-order valence-corrected chi connectivity index (χ0v) is 15.2. The predicted molar refractivity (Wildman–Crippen MR) is 93.8 cm³/mol. The van der Waals surface area contributed by atoms with Crippen molar-refractivity contribution in [3.05, 3.63) is 39.9 Å². The number of rotatable bonds is 5. The Morgan fingerprint density at radius 2 is 2.12 bits per heavy atom. The summed E-state index contributed by atoms with van der Waals surface area (Å²) in [7, 11) is 0. The summed E-state index contributed by atoms with van der Waals surface area (Å²) in [4.78, 5) is 35.7. The van der Waals surface area contributed by atoms with Gasteiger partial charge in [-0.2, -0.15) is 0 Å². The lowest BCUT2D eigenvalue weighted by Gasteiger charge is -2.27. The number of likely N-dealkylation sites (tertiary alicyclic amines) is 1. The number of carboxylic acid groups (broad SMARTS) is 1. The summed E-state index contributed by atoms with van der Waals surface area (Å²) in [6.07, 6.45) is -0.175. The molecule has 0 spiro atoms. The summed E-state index contributed by atoms with van der Waals surface area (Å²) in [5.74, 6) is -1.14. The number of esters is 1. The lowest BCUT2D eigenvalue weighted by atomic mass is 9.86. The summed E-state index contributed by atoms with van der Waals surface area (Å²) in [5, 5.41) is 20.1. The lowest BCUT2D eigenvalue weighted by molar-refractivity contribution is -0.384. The van der Waals surface area contributed by atoms with E-state index >= 15 is 0 Å². The highest BCUT2D eigenvalue weighted by Crippen LogP contribution is 2.30. The standard InChI is InChI=1S/C18H24N2O6/c1-18(2,3)26-16(21)15(13-7-8-19(11-13)17(22)23)10-12-5-4-6-14(9-12)20(24)25/h4-6,9,13,15H,7-8,10-11H2,1-3H3,(H,22,23)/t13-,15?/m0/s1. The minimum absolute atomic E-state index is 0.0379. The van der Waals surface area contributed by atoms with Crippen molar-refractivity contribution in [2.24, 2.45) is 11.8 Å². The van der Waals surface area contributed by atoms with Crippen molar-refractivity contribution in [1.29, 1.82) is 0 Å². The van der Waals surface area contributed by atoms with Crippen molar-refractivity contribution in [2.75, 3.05) is 13.1 Å². The smallest absolute Gasteiger partial charge is 0.407 e. The van der Waals surface area contributed by atoms with Crippen molar-refractivity contribution in [2.45, 2.75) is 39.2 Å². The maximum absolute atomic E-state index is 12.7. The molecule has 1 aliphatic rings. The van der Waals surface area contributed by atoms with Crippen LogP contribution in [0.25, 0.3) is 0 Å². The highest BCUT2D eigenvalue weighted by Gasteiger charge is 2.38. The number of carbonyl (C=O) groups excluding carboxylic acids is 1. The molecule has 8 heteroatoms. The molecule has 8 nitrogen and oxygen atoms in total. The van der Waals surface area contributed by atoms with Crippen molar-refractivity contribution in [3.8, 4) is 0 Å². The van der Waals surface area contributed by atoms with Gasteiger partial charge < -0.3 is 14.7 Å². The molecule has 1 aromatic rings. The molecule has 0 bridgehead atoms. The van der Waals surface area contributed by atoms with E-state index in [-0.39, 0.29) is 24.6 Å². The number of nitro groups is 1. The molecule has 1 aliphatic heterocycles. The molecular formula is C18H24N2O6. The van der Waals surface area contributed by atoms with Crippen LogP contribution in [0.15, 0.2) is 24.3 Å². The Morgan fingerprint density at radius 3 is 2.65 bits per heavy atom. The first-order valence-corrected chi connectivity index (χ1v) is 8.51. The summed E-state index contributed by atoms with van der Waals surface area (Å²) >= 11 is 0. The second kappa shape index (κ2) is 7.72. The van der Waals surface area contributed by atoms with Crippen molar-refractivity contribution >= 4 is 17.7 Å². The molecule has 142 valence electrons. The normalized spacial score (nSPS) is 18.4. The first-order valence-electron chi connectivity index (χ1n) is 8.51. The first-order chi connectivity index (χ1) is 12.1. The number of nitrogens with zero attached hydrogens (tertiary/aromatic N) is 2. The van der Waals surface area contributed by atoms with E-state index in [0.29, 0.717) is 18.5 Å². The van der Waals surface area contributed by atoms with Crippen molar-refractivity contribution in [1.82, 2.24) is 4.90 Å². The first kappa shape index (κ1) is 19.7. The largest absolute Gasteiger partial charge is 0.465 e. The van der Waals surface area contributed by atoms with Gasteiger partial charge in [0.2, 0.25) is 0 Å². The van der Waals surface area contributed by atoms with Gasteiger partial charge in [-0.1, -0.05) is 12.1 Å². The van der Waals surface area contributed by atoms with Crippen LogP contribution in [0.3, 0.4) is 0 Å². The molecule has 0 saturated carbocycles. The molecule has 1 amide bonds. The Kier molecular flexibility index (Phi) is 5.84. The molecule has 2 rings (SSSR count). The highest BCUT2D eigenvalue weighted by atomic mass is 16.6. The maximum atomic E-state index is 12.7. The van der Waals surface area contributed by atoms with E-state index in [1.54, 1.807) is 32.9 Å². The predicted octanol–water partition coefficient (Wildman–Crippen LogP) is 3.10. The molecular weight excluding hydrogens is 340 g/mol. The van der Waals surface area contributed by atoms with E-state index < -0.39 is 28.5 Å². The minimum atomic E-state index is -1.01. The zero-order valence-electron chi connectivity index (χ0n) is 15.2. The van der Waals surface area contributed by atoms with E-state index in [4.69, 9.17) is 9.84 Å². The number of ether oxygens (including phenoxy) is 1. The zero-order chi connectivity index (χ0) is 19.5. The van der Waals surface area contributed by atoms with Gasteiger partial charge in [0.15, 0.2) is 0 Å². The van der Waals surface area contributed by atoms with Crippen LogP contribution in [-0.4, -0.2) is 45.7 Å². The van der Waals surface area contributed by atoms with Crippen LogP contribution >= 0.6 is 0 Å². The average Bonchev–Trinajstić information content (AvgIpc) is 3.01. The van der Waals surface area contributed by atoms with Gasteiger partial charge in [-0.05, 0) is 45.1 Å². The van der Waals surface area contributed by atoms with Crippen LogP contribution in [0.1, 0.15) is 32.8 Å². The molecule has 1 unspecified atom stereocenters. The fourth-order valence-electron chi connectivity index (χ4n) is 3.16. The number of hydrogen-bond donors (Lipinski definition) is 1. The third-order valence-corrected chi connectivity index (χ3v) is 4.35. The van der Waals surface area contributed by atoms with Crippen LogP contribution in [0.5, 0.6) is 0 Å². The molecule has 0 aliphatic carbocycles. The van der Waals surface area contributed by atoms with E-state index in [1.165, 1.54) is 17.0 Å². The average molecular weight is 364 g/mol. The van der Waals surface area contributed by atoms with Crippen molar-refractivity contribution in [3.63, 3.8) is 0 Å². The topological polar surface area (TPSA) is 110 Å². The Morgan fingerprint density at radius 1 is 1.42 bits per heavy atom. The number of carbonyl (C=O) groups is 2. The lowest BCUT2D eigenvalue weighted by Crippen LogP contribution is -2.35. The van der Waals surface area contributed by atoms with Crippen LogP contribution in [0, 0.1) is 22.0 Å². The molecule has 1 fully saturated rings. The molecule has 2 atom stereocenters. The van der Waals surface area contributed by atoms with Crippen LogP contribution in [0.2, 0.25) is 0 Å². The number of non-ortho nitro benzene ring substituents is 1.